The molecule has 0 spiro atoms. The summed E-state index contributed by atoms with van der Waals surface area (Å²) in [6, 6.07) is 2.17. The van der Waals surface area contributed by atoms with Crippen LogP contribution in [0.3, 0.4) is 0 Å². The lowest BCUT2D eigenvalue weighted by Gasteiger charge is -2.69. The number of Topliss-reactive ketones (excluding diaryl/α,β-unsaturated/α-hetero) is 1. The number of amides is 1. The van der Waals surface area contributed by atoms with E-state index in [1.807, 2.05) is 19.1 Å². The van der Waals surface area contributed by atoms with Crippen LogP contribution in [0.2, 0.25) is 0 Å². The maximum atomic E-state index is 14.4. The quantitative estimate of drug-likeness (QED) is 0.472. The molecule has 206 valence electrons. The van der Waals surface area contributed by atoms with Crippen LogP contribution in [0.1, 0.15) is 99.3 Å². The number of hydrogen-bond acceptors (Lipinski definition) is 4. The van der Waals surface area contributed by atoms with Crippen molar-refractivity contribution in [3.05, 3.63) is 23.3 Å². The molecule has 38 heavy (non-hydrogen) atoms. The molecule has 3 saturated carbocycles. The van der Waals surface area contributed by atoms with Gasteiger partial charge in [0.2, 0.25) is 5.91 Å². The highest BCUT2D eigenvalue weighted by molar-refractivity contribution is 6.02. The van der Waals surface area contributed by atoms with Crippen LogP contribution in [0.5, 0.6) is 0 Å². The molecule has 0 aromatic carbocycles. The zero-order chi connectivity index (χ0) is 27.9. The molecule has 8 atom stereocenters. The molecule has 3 fully saturated rings. The maximum absolute atomic E-state index is 14.4. The molecule has 5 nitrogen and oxygen atoms in total. The summed E-state index contributed by atoms with van der Waals surface area (Å²) in [7, 11) is 1.71. The number of hydrogen-bond donors (Lipinski definition) is 1. The number of nitrogens with one attached hydrogen (secondary N) is 1. The molecule has 0 aromatic rings. The summed E-state index contributed by atoms with van der Waals surface area (Å²) < 4.78 is 0. The maximum Gasteiger partial charge on any atom is 0.219 e. The molecular weight excluding hydrogens is 472 g/mol. The third-order valence-electron chi connectivity index (χ3n) is 12.8. The van der Waals surface area contributed by atoms with Crippen molar-refractivity contribution in [3.8, 4) is 6.07 Å². The Morgan fingerprint density at radius 1 is 1.05 bits per heavy atom. The Morgan fingerprint density at radius 2 is 1.74 bits per heavy atom. The Morgan fingerprint density at radius 3 is 2.39 bits per heavy atom. The van der Waals surface area contributed by atoms with Gasteiger partial charge in [-0.2, -0.15) is 5.26 Å². The average Bonchev–Trinajstić information content (AvgIpc) is 2.86. The van der Waals surface area contributed by atoms with E-state index < -0.39 is 5.41 Å². The Labute approximate surface area is 228 Å². The highest BCUT2D eigenvalue weighted by Crippen LogP contribution is 2.74. The largest absolute Gasteiger partial charge is 0.359 e. The Kier molecular flexibility index (Phi) is 6.22. The van der Waals surface area contributed by atoms with E-state index in [-0.39, 0.29) is 68.4 Å². The molecule has 0 heterocycles. The van der Waals surface area contributed by atoms with E-state index in [2.05, 4.69) is 46.0 Å². The topological polar surface area (TPSA) is 87.0 Å². The van der Waals surface area contributed by atoms with Gasteiger partial charge in [-0.1, -0.05) is 53.2 Å². The van der Waals surface area contributed by atoms with Crippen LogP contribution in [0, 0.1) is 62.1 Å². The van der Waals surface area contributed by atoms with Gasteiger partial charge in [-0.05, 0) is 90.9 Å². The van der Waals surface area contributed by atoms with Crippen molar-refractivity contribution in [1.82, 2.24) is 5.32 Å². The lowest BCUT2D eigenvalue weighted by Crippen LogP contribution is -2.64. The average molecular weight is 519 g/mol. The number of nitriles is 1. The van der Waals surface area contributed by atoms with Gasteiger partial charge in [0.1, 0.15) is 6.07 Å². The van der Waals surface area contributed by atoms with Gasteiger partial charge in [-0.3, -0.25) is 14.4 Å². The number of ketones is 2. The van der Waals surface area contributed by atoms with Gasteiger partial charge in [-0.15, -0.1) is 0 Å². The molecule has 0 bridgehead atoms. The van der Waals surface area contributed by atoms with Crippen LogP contribution >= 0.6 is 0 Å². The second-order valence-electron chi connectivity index (χ2n) is 14.9. The third-order valence-corrected chi connectivity index (χ3v) is 12.8. The predicted octanol–water partition coefficient (Wildman–Crippen LogP) is 6.34. The van der Waals surface area contributed by atoms with E-state index in [0.29, 0.717) is 6.42 Å². The highest BCUT2D eigenvalue weighted by Gasteiger charge is 2.68. The van der Waals surface area contributed by atoms with E-state index in [1.165, 1.54) is 0 Å². The van der Waals surface area contributed by atoms with Gasteiger partial charge in [0.15, 0.2) is 11.6 Å². The summed E-state index contributed by atoms with van der Waals surface area (Å²) in [4.78, 5) is 39.7. The minimum Gasteiger partial charge on any atom is -0.359 e. The van der Waals surface area contributed by atoms with Gasteiger partial charge in [0, 0.05) is 30.7 Å². The van der Waals surface area contributed by atoms with Crippen molar-refractivity contribution in [2.45, 2.75) is 99.3 Å². The molecule has 5 heteroatoms. The van der Waals surface area contributed by atoms with Gasteiger partial charge >= 0.3 is 0 Å². The molecule has 0 radical (unpaired) electrons. The molecule has 5 aliphatic carbocycles. The molecule has 5 aliphatic rings. The van der Waals surface area contributed by atoms with Crippen LogP contribution in [0.4, 0.5) is 0 Å². The van der Waals surface area contributed by atoms with Crippen LogP contribution in [-0.4, -0.2) is 24.5 Å². The standard InChI is InChI=1S/C33H46N2O3/c1-20-22-8-10-31(5)25(30(22,4)17-21(19-34)28(20)38)16-24(36)27-23-18-29(2,3)12-14-33(23,11-9-26(37)35-7)15-13-32(27,31)6/h16-17,20,22-23,27H,8-15,18H2,1-7H3,(H,35,37)/t20-,22?,23?,27?,30-,31+,32+,33+/m0/s1. The number of carbonyl (C=O) groups is 3. The van der Waals surface area contributed by atoms with Crippen molar-refractivity contribution in [2.75, 3.05) is 7.05 Å². The smallest absolute Gasteiger partial charge is 0.219 e. The zero-order valence-electron chi connectivity index (χ0n) is 24.5. The van der Waals surface area contributed by atoms with Crippen LogP contribution in [0.25, 0.3) is 0 Å². The van der Waals surface area contributed by atoms with E-state index in [1.54, 1.807) is 7.05 Å². The third kappa shape index (κ3) is 3.57. The van der Waals surface area contributed by atoms with Gasteiger partial charge in [0.25, 0.3) is 0 Å². The Hall–Kier alpha value is -2.22. The Balaban J connectivity index is 1.63. The van der Waals surface area contributed by atoms with Crippen LogP contribution in [-0.2, 0) is 14.4 Å². The fourth-order valence-corrected chi connectivity index (χ4v) is 10.3. The first-order valence-electron chi connectivity index (χ1n) is 14.8. The normalized spacial score (nSPS) is 45.3. The van der Waals surface area contributed by atoms with E-state index >= 15 is 0 Å². The minimum absolute atomic E-state index is 0.0321. The van der Waals surface area contributed by atoms with Crippen molar-refractivity contribution in [2.24, 2.45) is 50.7 Å². The SMILES string of the molecule is CNC(=O)CC[C@]12CCC(C)(C)CC1C1C(=O)C=C3[C@@]4(C)C=C(C#N)C(=O)[C@@H](C)C4CC[C@@]3(C)[C@]1(C)CC2. The highest BCUT2D eigenvalue weighted by atomic mass is 16.1. The van der Waals surface area contributed by atoms with E-state index in [9.17, 15) is 19.6 Å². The predicted molar refractivity (Wildman–Crippen MR) is 148 cm³/mol. The molecule has 0 aliphatic heterocycles. The van der Waals surface area contributed by atoms with Gasteiger partial charge in [-0.25, -0.2) is 0 Å². The molecular formula is C33H46N2O3. The van der Waals surface area contributed by atoms with Crippen molar-refractivity contribution >= 4 is 17.5 Å². The molecule has 1 amide bonds. The lowest BCUT2D eigenvalue weighted by atomic mass is 9.34. The summed E-state index contributed by atoms with van der Waals surface area (Å²) in [5.74, 6) is 0.388. The summed E-state index contributed by atoms with van der Waals surface area (Å²) in [6.07, 6.45) is 12.5. The number of fused-ring (bicyclic) bond motifs is 7. The zero-order valence-corrected chi connectivity index (χ0v) is 24.5. The second kappa shape index (κ2) is 8.64. The molecule has 0 aromatic heterocycles. The summed E-state index contributed by atoms with van der Waals surface area (Å²) in [5.41, 5.74) is 0.790. The van der Waals surface area contributed by atoms with E-state index in [4.69, 9.17) is 0 Å². The van der Waals surface area contributed by atoms with Gasteiger partial charge < -0.3 is 5.32 Å². The van der Waals surface area contributed by atoms with Crippen molar-refractivity contribution in [1.29, 1.82) is 5.26 Å². The fourth-order valence-electron chi connectivity index (χ4n) is 10.3. The first-order valence-corrected chi connectivity index (χ1v) is 14.8. The molecule has 5 rings (SSSR count). The van der Waals surface area contributed by atoms with Crippen LogP contribution < -0.4 is 5.32 Å². The van der Waals surface area contributed by atoms with Gasteiger partial charge in [0.05, 0.1) is 5.57 Å². The van der Waals surface area contributed by atoms with E-state index in [0.717, 1.165) is 56.9 Å². The van der Waals surface area contributed by atoms with Crippen molar-refractivity contribution < 1.29 is 14.4 Å². The first-order chi connectivity index (χ1) is 17.7. The number of carbonyl (C=O) groups excluding carboxylic acids is 3. The molecule has 1 N–H and O–H groups in total. The second-order valence-corrected chi connectivity index (χ2v) is 14.9. The Bertz CT molecular complexity index is 1190. The van der Waals surface area contributed by atoms with Crippen molar-refractivity contribution in [3.63, 3.8) is 0 Å². The molecule has 3 unspecified atom stereocenters. The molecule has 0 saturated heterocycles. The lowest BCUT2D eigenvalue weighted by molar-refractivity contribution is -0.171. The minimum atomic E-state index is -0.464. The summed E-state index contributed by atoms with van der Waals surface area (Å²) in [6.45, 7) is 13.6. The summed E-state index contributed by atoms with van der Waals surface area (Å²) >= 11 is 0. The summed E-state index contributed by atoms with van der Waals surface area (Å²) in [5, 5.41) is 12.6. The van der Waals surface area contributed by atoms with Crippen LogP contribution in [0.15, 0.2) is 23.3 Å². The first kappa shape index (κ1) is 27.4. The fraction of sp³-hybridized carbons (Fsp3) is 0.758. The number of rotatable bonds is 3. The number of allylic oxidation sites excluding steroid dienone is 4. The number of nitrogens with zero attached hydrogens (tertiary/aromatic N) is 1. The monoisotopic (exact) mass is 518 g/mol.